The molecule has 8 nitrogen and oxygen atoms in total. The molecular formula is C24H27N7O. The Morgan fingerprint density at radius 2 is 1.84 bits per heavy atom. The zero-order valence-corrected chi connectivity index (χ0v) is 18.0. The van der Waals surface area contributed by atoms with Gasteiger partial charge in [0.1, 0.15) is 0 Å². The van der Waals surface area contributed by atoms with E-state index < -0.39 is 0 Å². The molecule has 1 aliphatic heterocycles. The third-order valence-electron chi connectivity index (χ3n) is 6.77. The topological polar surface area (TPSA) is 80.5 Å². The molecule has 4 aromatic rings. The Labute approximate surface area is 186 Å². The average Bonchev–Trinajstić information content (AvgIpc) is 3.28. The lowest BCUT2D eigenvalue weighted by Gasteiger charge is -2.38. The third kappa shape index (κ3) is 3.80. The average molecular weight is 430 g/mol. The van der Waals surface area contributed by atoms with Crippen LogP contribution in [0.5, 0.6) is 0 Å². The predicted molar refractivity (Wildman–Crippen MR) is 124 cm³/mol. The highest BCUT2D eigenvalue weighted by molar-refractivity contribution is 5.86. The number of nitrogens with one attached hydrogen (secondary N) is 1. The first-order chi connectivity index (χ1) is 15.8. The van der Waals surface area contributed by atoms with Gasteiger partial charge in [-0.1, -0.05) is 0 Å². The van der Waals surface area contributed by atoms with Gasteiger partial charge in [-0.25, -0.2) is 19.5 Å². The number of hydrogen-bond donors (Lipinski definition) is 1. The molecule has 1 aliphatic carbocycles. The molecule has 0 aromatic carbocycles. The minimum Gasteiger partial charge on any atom is -0.379 e. The van der Waals surface area contributed by atoms with Crippen LogP contribution in [0.3, 0.4) is 0 Å². The summed E-state index contributed by atoms with van der Waals surface area (Å²) >= 11 is 0. The van der Waals surface area contributed by atoms with E-state index in [0.29, 0.717) is 18.0 Å². The van der Waals surface area contributed by atoms with Gasteiger partial charge in [0.2, 0.25) is 5.95 Å². The summed E-state index contributed by atoms with van der Waals surface area (Å²) in [5.41, 5.74) is 3.84. The summed E-state index contributed by atoms with van der Waals surface area (Å²) in [6, 6.07) is 9.27. The van der Waals surface area contributed by atoms with E-state index in [9.17, 15) is 0 Å². The van der Waals surface area contributed by atoms with Gasteiger partial charge in [-0.05, 0) is 49.9 Å². The SMILES string of the molecule is c1cnc2ncc(-c3ccn4nc(N[C@H]5CC[C@H](N6CCOCC6)CC5)ncc34)cc2c1. The van der Waals surface area contributed by atoms with Crippen LogP contribution in [-0.2, 0) is 4.74 Å². The van der Waals surface area contributed by atoms with Crippen molar-refractivity contribution >= 4 is 22.5 Å². The number of aromatic nitrogens is 5. The Bertz CT molecular complexity index is 1230. The summed E-state index contributed by atoms with van der Waals surface area (Å²) in [6.07, 6.45) is 12.3. The molecule has 6 rings (SSSR count). The number of rotatable bonds is 4. The first-order valence-corrected chi connectivity index (χ1v) is 11.5. The van der Waals surface area contributed by atoms with Crippen molar-refractivity contribution in [1.29, 1.82) is 0 Å². The number of fused-ring (bicyclic) bond motifs is 2. The molecule has 0 atom stereocenters. The van der Waals surface area contributed by atoms with E-state index in [0.717, 1.165) is 66.8 Å². The largest absolute Gasteiger partial charge is 0.379 e. The lowest BCUT2D eigenvalue weighted by molar-refractivity contribution is 0.00790. The highest BCUT2D eigenvalue weighted by Gasteiger charge is 2.27. The van der Waals surface area contributed by atoms with Crippen molar-refractivity contribution in [3.63, 3.8) is 0 Å². The van der Waals surface area contributed by atoms with Crippen LogP contribution >= 0.6 is 0 Å². The maximum atomic E-state index is 5.50. The first-order valence-electron chi connectivity index (χ1n) is 11.5. The molecule has 164 valence electrons. The number of anilines is 1. The number of nitrogens with zero attached hydrogens (tertiary/aromatic N) is 6. The summed E-state index contributed by atoms with van der Waals surface area (Å²) in [5.74, 6) is 0.690. The van der Waals surface area contributed by atoms with Gasteiger partial charge in [-0.15, -0.1) is 5.10 Å². The van der Waals surface area contributed by atoms with Gasteiger partial charge in [0.05, 0.1) is 24.9 Å². The second-order valence-corrected chi connectivity index (χ2v) is 8.71. The van der Waals surface area contributed by atoms with Gasteiger partial charge in [-0.3, -0.25) is 4.90 Å². The van der Waals surface area contributed by atoms with Crippen molar-refractivity contribution in [3.8, 4) is 11.1 Å². The highest BCUT2D eigenvalue weighted by atomic mass is 16.5. The normalized spacial score (nSPS) is 22.4. The maximum Gasteiger partial charge on any atom is 0.241 e. The zero-order valence-electron chi connectivity index (χ0n) is 18.0. The molecule has 0 amide bonds. The Balaban J connectivity index is 1.16. The number of ether oxygens (including phenoxy) is 1. The summed E-state index contributed by atoms with van der Waals surface area (Å²) < 4.78 is 7.40. The van der Waals surface area contributed by atoms with Crippen LogP contribution in [-0.4, -0.2) is 67.9 Å². The first kappa shape index (κ1) is 19.6. The number of pyridine rings is 2. The molecule has 1 saturated carbocycles. The van der Waals surface area contributed by atoms with Crippen LogP contribution in [0.1, 0.15) is 25.7 Å². The predicted octanol–water partition coefficient (Wildman–Crippen LogP) is 3.39. The molecule has 1 N–H and O–H groups in total. The van der Waals surface area contributed by atoms with Crippen LogP contribution in [0.4, 0.5) is 5.95 Å². The van der Waals surface area contributed by atoms with E-state index in [1.165, 1.54) is 12.8 Å². The Kier molecular flexibility index (Phi) is 5.16. The van der Waals surface area contributed by atoms with E-state index in [2.05, 4.69) is 37.3 Å². The molecule has 0 spiro atoms. The Morgan fingerprint density at radius 1 is 0.969 bits per heavy atom. The molecule has 32 heavy (non-hydrogen) atoms. The molecule has 0 radical (unpaired) electrons. The van der Waals surface area contributed by atoms with Crippen molar-refractivity contribution < 1.29 is 4.74 Å². The lowest BCUT2D eigenvalue weighted by Crippen LogP contribution is -2.46. The van der Waals surface area contributed by atoms with Gasteiger partial charge in [0.15, 0.2) is 5.65 Å². The smallest absolute Gasteiger partial charge is 0.241 e. The summed E-state index contributed by atoms with van der Waals surface area (Å²) in [6.45, 7) is 3.89. The molecule has 8 heteroatoms. The molecule has 0 bridgehead atoms. The van der Waals surface area contributed by atoms with E-state index in [-0.39, 0.29) is 0 Å². The van der Waals surface area contributed by atoms with Crippen LogP contribution in [0, 0.1) is 0 Å². The van der Waals surface area contributed by atoms with E-state index in [4.69, 9.17) is 9.84 Å². The van der Waals surface area contributed by atoms with E-state index in [1.54, 1.807) is 6.20 Å². The van der Waals surface area contributed by atoms with Gasteiger partial charge in [-0.2, -0.15) is 0 Å². The van der Waals surface area contributed by atoms with Gasteiger partial charge in [0, 0.05) is 60.3 Å². The lowest BCUT2D eigenvalue weighted by atomic mass is 9.90. The standard InChI is InChI=1S/C24H27N7O/c1-2-17-14-18(15-26-23(17)25-8-1)21-7-9-31-22(21)16-27-24(29-31)28-19-3-5-20(6-4-19)30-10-12-32-13-11-30/h1-2,7-9,14-16,19-20H,3-6,10-13H2,(H,28,29)/t19-,20-. The minimum atomic E-state index is 0.428. The summed E-state index contributed by atoms with van der Waals surface area (Å²) in [7, 11) is 0. The fourth-order valence-electron chi connectivity index (χ4n) is 5.03. The molecular weight excluding hydrogens is 402 g/mol. The van der Waals surface area contributed by atoms with Gasteiger partial charge in [0.25, 0.3) is 0 Å². The van der Waals surface area contributed by atoms with Crippen LogP contribution in [0.2, 0.25) is 0 Å². The Hall–Kier alpha value is -3.10. The monoisotopic (exact) mass is 429 g/mol. The highest BCUT2D eigenvalue weighted by Crippen LogP contribution is 2.28. The van der Waals surface area contributed by atoms with Gasteiger partial charge < -0.3 is 10.1 Å². The number of morpholine rings is 1. The Morgan fingerprint density at radius 3 is 2.72 bits per heavy atom. The van der Waals surface area contributed by atoms with Crippen molar-refractivity contribution in [2.75, 3.05) is 31.6 Å². The quantitative estimate of drug-likeness (QED) is 0.533. The fraction of sp³-hybridized carbons (Fsp3) is 0.417. The second kappa shape index (κ2) is 8.44. The zero-order chi connectivity index (χ0) is 21.3. The van der Waals surface area contributed by atoms with Crippen molar-refractivity contribution in [2.45, 2.75) is 37.8 Å². The summed E-state index contributed by atoms with van der Waals surface area (Å²) in [4.78, 5) is 16.0. The maximum absolute atomic E-state index is 5.50. The van der Waals surface area contributed by atoms with E-state index >= 15 is 0 Å². The van der Waals surface area contributed by atoms with Crippen molar-refractivity contribution in [1.82, 2.24) is 29.5 Å². The molecule has 5 heterocycles. The number of hydrogen-bond acceptors (Lipinski definition) is 7. The molecule has 2 fully saturated rings. The molecule has 0 unspecified atom stereocenters. The molecule has 2 aliphatic rings. The fourth-order valence-corrected chi connectivity index (χ4v) is 5.03. The third-order valence-corrected chi connectivity index (χ3v) is 6.77. The molecule has 4 aromatic heterocycles. The minimum absolute atomic E-state index is 0.428. The second-order valence-electron chi connectivity index (χ2n) is 8.71. The summed E-state index contributed by atoms with van der Waals surface area (Å²) in [5, 5.41) is 9.31. The van der Waals surface area contributed by atoms with Crippen LogP contribution in [0.25, 0.3) is 27.7 Å². The van der Waals surface area contributed by atoms with Crippen LogP contribution in [0.15, 0.2) is 49.1 Å². The molecule has 1 saturated heterocycles. The van der Waals surface area contributed by atoms with E-state index in [1.807, 2.05) is 35.2 Å². The van der Waals surface area contributed by atoms with Crippen LogP contribution < -0.4 is 5.32 Å². The van der Waals surface area contributed by atoms with Crippen molar-refractivity contribution in [2.24, 2.45) is 0 Å². The van der Waals surface area contributed by atoms with Gasteiger partial charge >= 0.3 is 0 Å². The van der Waals surface area contributed by atoms with Crippen molar-refractivity contribution in [3.05, 3.63) is 49.1 Å².